The van der Waals surface area contributed by atoms with Crippen molar-refractivity contribution in [2.45, 2.75) is 0 Å². The summed E-state index contributed by atoms with van der Waals surface area (Å²) in [4.78, 5) is 16.5. The zero-order chi connectivity index (χ0) is 12.8. The van der Waals surface area contributed by atoms with Gasteiger partial charge in [0.25, 0.3) is 0 Å². The Morgan fingerprint density at radius 2 is 2.28 bits per heavy atom. The van der Waals surface area contributed by atoms with Crippen LogP contribution in [-0.2, 0) is 0 Å². The number of hydrogen-bond donors (Lipinski definition) is 1. The summed E-state index contributed by atoms with van der Waals surface area (Å²) in [6.45, 7) is 0. The number of aromatic nitrogens is 1. The summed E-state index contributed by atoms with van der Waals surface area (Å²) >= 11 is 1.31. The Balaban J connectivity index is 2.15. The van der Waals surface area contributed by atoms with Gasteiger partial charge in [0, 0.05) is 12.4 Å². The lowest BCUT2D eigenvalue weighted by molar-refractivity contribution is 0.104. The van der Waals surface area contributed by atoms with E-state index in [1.807, 2.05) is 12.1 Å². The van der Waals surface area contributed by atoms with Gasteiger partial charge in [0.05, 0.1) is 4.88 Å². The molecule has 2 rings (SSSR count). The van der Waals surface area contributed by atoms with Crippen LogP contribution >= 0.6 is 11.3 Å². The number of allylic oxidation sites excluding steroid dienone is 1. The second-order valence-corrected chi connectivity index (χ2v) is 4.28. The van der Waals surface area contributed by atoms with Gasteiger partial charge in [0.15, 0.2) is 0 Å². The van der Waals surface area contributed by atoms with Crippen molar-refractivity contribution < 1.29 is 4.79 Å². The fraction of sp³-hybridized carbons (Fsp3) is 0. The van der Waals surface area contributed by atoms with Crippen molar-refractivity contribution in [3.05, 3.63) is 58.6 Å². The molecule has 88 valence electrons. The highest BCUT2D eigenvalue weighted by atomic mass is 32.1. The van der Waals surface area contributed by atoms with E-state index in [4.69, 9.17) is 5.26 Å². The van der Waals surface area contributed by atoms with E-state index in [1.54, 1.807) is 35.8 Å². The summed E-state index contributed by atoms with van der Waals surface area (Å²) in [7, 11) is 0. The van der Waals surface area contributed by atoms with Crippen molar-refractivity contribution in [1.82, 2.24) is 4.98 Å². The quantitative estimate of drug-likeness (QED) is 0.518. The number of pyridine rings is 1. The van der Waals surface area contributed by atoms with Gasteiger partial charge in [-0.25, -0.2) is 4.98 Å². The van der Waals surface area contributed by atoms with Crippen LogP contribution < -0.4 is 5.32 Å². The summed E-state index contributed by atoms with van der Waals surface area (Å²) < 4.78 is 0. The molecule has 2 heterocycles. The maximum absolute atomic E-state index is 11.9. The minimum atomic E-state index is -0.282. The van der Waals surface area contributed by atoms with E-state index in [0.29, 0.717) is 10.7 Å². The van der Waals surface area contributed by atoms with Gasteiger partial charge in [-0.15, -0.1) is 11.3 Å². The van der Waals surface area contributed by atoms with Crippen LogP contribution in [0.2, 0.25) is 0 Å². The lowest BCUT2D eigenvalue weighted by Crippen LogP contribution is -2.02. The average molecular weight is 255 g/mol. The second-order valence-electron chi connectivity index (χ2n) is 3.34. The number of carbonyl (C=O) groups excluding carboxylic acids is 1. The number of ketones is 1. The van der Waals surface area contributed by atoms with Gasteiger partial charge in [-0.2, -0.15) is 5.26 Å². The van der Waals surface area contributed by atoms with Crippen LogP contribution in [-0.4, -0.2) is 10.8 Å². The van der Waals surface area contributed by atoms with Gasteiger partial charge in [-0.1, -0.05) is 12.1 Å². The first kappa shape index (κ1) is 12.0. The Hall–Kier alpha value is -2.45. The van der Waals surface area contributed by atoms with Crippen LogP contribution in [0, 0.1) is 11.3 Å². The van der Waals surface area contributed by atoms with Crippen molar-refractivity contribution in [1.29, 1.82) is 5.26 Å². The van der Waals surface area contributed by atoms with Gasteiger partial charge in [-0.05, 0) is 23.6 Å². The van der Waals surface area contributed by atoms with E-state index in [9.17, 15) is 4.79 Å². The highest BCUT2D eigenvalue weighted by Crippen LogP contribution is 2.14. The molecule has 0 aliphatic rings. The highest BCUT2D eigenvalue weighted by Gasteiger charge is 2.12. The number of rotatable bonds is 4. The van der Waals surface area contributed by atoms with Gasteiger partial charge in [-0.3, -0.25) is 4.79 Å². The van der Waals surface area contributed by atoms with Crippen LogP contribution in [0.3, 0.4) is 0 Å². The fourth-order valence-electron chi connectivity index (χ4n) is 1.28. The number of nitriles is 1. The van der Waals surface area contributed by atoms with Gasteiger partial charge in [0.2, 0.25) is 5.78 Å². The molecule has 0 unspecified atom stereocenters. The molecule has 0 saturated carbocycles. The van der Waals surface area contributed by atoms with Crippen molar-refractivity contribution >= 4 is 22.9 Å². The van der Waals surface area contributed by atoms with Gasteiger partial charge >= 0.3 is 0 Å². The lowest BCUT2D eigenvalue weighted by atomic mass is 10.2. The largest absolute Gasteiger partial charge is 0.345 e. The first-order valence-corrected chi connectivity index (χ1v) is 6.05. The predicted octanol–water partition coefficient (Wildman–Crippen LogP) is 2.85. The third kappa shape index (κ3) is 2.81. The number of nitrogens with one attached hydrogen (secondary N) is 1. The molecular weight excluding hydrogens is 246 g/mol. The predicted molar refractivity (Wildman–Crippen MR) is 70.2 cm³/mol. The number of Topliss-reactive ketones (excluding diaryl/α,β-unsaturated/α-hetero) is 1. The Morgan fingerprint density at radius 3 is 2.89 bits per heavy atom. The van der Waals surface area contributed by atoms with Gasteiger partial charge < -0.3 is 5.32 Å². The van der Waals surface area contributed by atoms with Crippen LogP contribution in [0.4, 0.5) is 5.82 Å². The fourth-order valence-corrected chi connectivity index (χ4v) is 1.96. The molecule has 0 spiro atoms. The molecule has 0 atom stereocenters. The first-order valence-electron chi connectivity index (χ1n) is 5.17. The Labute approximate surface area is 108 Å². The number of hydrogen-bond acceptors (Lipinski definition) is 5. The number of carbonyl (C=O) groups is 1. The normalized spacial score (nSPS) is 10.7. The molecule has 0 saturated heterocycles. The highest BCUT2D eigenvalue weighted by molar-refractivity contribution is 7.12. The molecular formula is C13H9N3OS. The standard InChI is InChI=1S/C13H9N3OS/c14-8-10(13(17)11-4-3-7-18-11)9-16-12-5-1-2-6-15-12/h1-7,9H,(H,15,16)/b10-9-. The molecule has 1 N–H and O–H groups in total. The van der Waals surface area contributed by atoms with E-state index in [2.05, 4.69) is 10.3 Å². The van der Waals surface area contributed by atoms with E-state index >= 15 is 0 Å². The smallest absolute Gasteiger partial charge is 0.214 e. The summed E-state index contributed by atoms with van der Waals surface area (Å²) in [5.41, 5.74) is 0.0584. The summed E-state index contributed by atoms with van der Waals surface area (Å²) in [5, 5.41) is 13.6. The summed E-state index contributed by atoms with van der Waals surface area (Å²) in [5.74, 6) is 0.306. The van der Waals surface area contributed by atoms with Crippen molar-refractivity contribution in [2.24, 2.45) is 0 Å². The topological polar surface area (TPSA) is 65.8 Å². The number of thiophene rings is 1. The molecule has 2 aromatic heterocycles. The Morgan fingerprint density at radius 1 is 1.39 bits per heavy atom. The number of nitrogens with zero attached hydrogens (tertiary/aromatic N) is 2. The van der Waals surface area contributed by atoms with Crippen LogP contribution in [0.1, 0.15) is 9.67 Å². The summed E-state index contributed by atoms with van der Waals surface area (Å²) in [6, 6.07) is 10.7. The minimum Gasteiger partial charge on any atom is -0.345 e. The van der Waals surface area contributed by atoms with E-state index < -0.39 is 0 Å². The molecule has 4 nitrogen and oxygen atoms in total. The van der Waals surface area contributed by atoms with E-state index in [0.717, 1.165) is 0 Å². The lowest BCUT2D eigenvalue weighted by Gasteiger charge is -1.99. The minimum absolute atomic E-state index is 0.0584. The van der Waals surface area contributed by atoms with E-state index in [-0.39, 0.29) is 11.4 Å². The van der Waals surface area contributed by atoms with Crippen LogP contribution in [0.25, 0.3) is 0 Å². The summed E-state index contributed by atoms with van der Waals surface area (Å²) in [6.07, 6.45) is 3.01. The third-order valence-electron chi connectivity index (χ3n) is 2.14. The SMILES string of the molecule is N#C/C(=C/Nc1ccccn1)C(=O)c1cccs1. The van der Waals surface area contributed by atoms with Crippen molar-refractivity contribution in [3.63, 3.8) is 0 Å². The zero-order valence-electron chi connectivity index (χ0n) is 9.33. The molecule has 0 aliphatic heterocycles. The van der Waals surface area contributed by atoms with E-state index in [1.165, 1.54) is 17.5 Å². The molecule has 0 fully saturated rings. The molecule has 0 radical (unpaired) electrons. The second kappa shape index (κ2) is 5.75. The number of anilines is 1. The van der Waals surface area contributed by atoms with Crippen LogP contribution in [0.15, 0.2) is 53.7 Å². The van der Waals surface area contributed by atoms with Gasteiger partial charge in [0.1, 0.15) is 17.5 Å². The molecule has 0 bridgehead atoms. The molecule has 0 aliphatic carbocycles. The monoisotopic (exact) mass is 255 g/mol. The average Bonchev–Trinajstić information content (AvgIpc) is 2.94. The molecule has 0 aromatic carbocycles. The molecule has 5 heteroatoms. The third-order valence-corrected chi connectivity index (χ3v) is 3.01. The van der Waals surface area contributed by atoms with Crippen LogP contribution in [0.5, 0.6) is 0 Å². The molecule has 18 heavy (non-hydrogen) atoms. The maximum atomic E-state index is 11.9. The maximum Gasteiger partial charge on any atom is 0.214 e. The Bertz CT molecular complexity index is 597. The Kier molecular flexibility index (Phi) is 3.84. The van der Waals surface area contributed by atoms with Crippen molar-refractivity contribution in [2.75, 3.05) is 5.32 Å². The molecule has 0 amide bonds. The van der Waals surface area contributed by atoms with Crippen molar-refractivity contribution in [3.8, 4) is 6.07 Å². The zero-order valence-corrected chi connectivity index (χ0v) is 10.1. The molecule has 2 aromatic rings. The first-order chi connectivity index (χ1) is 8.81.